The molecule has 4 aromatic rings. The molecular weight excluding hydrogens is 616 g/mol. The normalized spacial score (nSPS) is 9.62. The average molecular weight is 646 g/mol. The molecule has 0 aliphatic carbocycles. The predicted molar refractivity (Wildman–Crippen MR) is 161 cm³/mol. The molecule has 0 fully saturated rings. The van der Waals surface area contributed by atoms with E-state index in [-0.39, 0.29) is 47.7 Å². The number of hydrogen-bond acceptors (Lipinski definition) is 5. The molecule has 218 valence electrons. The summed E-state index contributed by atoms with van der Waals surface area (Å²) in [6.45, 7) is 4.11. The van der Waals surface area contributed by atoms with Crippen LogP contribution in [0.4, 0.5) is 13.2 Å². The van der Waals surface area contributed by atoms with Gasteiger partial charge in [0.1, 0.15) is 11.6 Å². The fourth-order valence-electron chi connectivity index (χ4n) is 3.45. The zero-order valence-electron chi connectivity index (χ0n) is 24.5. The van der Waals surface area contributed by atoms with Gasteiger partial charge in [-0.2, -0.15) is 0 Å². The summed E-state index contributed by atoms with van der Waals surface area (Å²) in [7, 11) is -1.00. The number of rotatable bonds is 9. The molecule has 0 amide bonds. The molecule has 0 unspecified atom stereocenters. The fraction of sp³-hybridized carbons (Fsp3) is 0.333. The van der Waals surface area contributed by atoms with Crippen LogP contribution in [-0.4, -0.2) is 17.1 Å². The van der Waals surface area contributed by atoms with E-state index in [4.69, 9.17) is 29.6 Å². The number of aryl methyl sites for hydroxylation is 6. The molecule has 2 aromatic carbocycles. The van der Waals surface area contributed by atoms with Crippen LogP contribution in [-0.2, 0) is 38.1 Å². The first-order valence-corrected chi connectivity index (χ1v) is 14.3. The van der Waals surface area contributed by atoms with Gasteiger partial charge in [0.25, 0.3) is 0 Å². The van der Waals surface area contributed by atoms with E-state index in [1.54, 1.807) is 34.8 Å². The van der Waals surface area contributed by atoms with Gasteiger partial charge in [-0.3, -0.25) is 9.30 Å². The Morgan fingerprint density at radius 1 is 0.857 bits per heavy atom. The first-order chi connectivity index (χ1) is 20.2. The Bertz CT molecular complexity index is 1460. The Kier molecular flexibility index (Phi) is 20.4. The molecule has 0 spiro atoms. The van der Waals surface area contributed by atoms with Crippen LogP contribution in [0.25, 0.3) is 26.4 Å². The number of azide groups is 1. The molecule has 8 nitrogen and oxygen atoms in total. The number of benzene rings is 2. The van der Waals surface area contributed by atoms with Crippen molar-refractivity contribution in [1.29, 1.82) is 0 Å². The topological polar surface area (TPSA) is 133 Å². The average Bonchev–Trinajstić information content (AvgIpc) is 3.59. The Morgan fingerprint density at radius 2 is 1.29 bits per heavy atom. The second kappa shape index (κ2) is 22.9. The molecular formula is C27H29ClF3N8NaS2. The molecule has 0 N–H and O–H groups in total. The minimum Gasteiger partial charge on any atom is -0.373 e. The van der Waals surface area contributed by atoms with Crippen molar-refractivity contribution in [2.45, 2.75) is 52.0 Å². The van der Waals surface area contributed by atoms with Crippen molar-refractivity contribution in [1.82, 2.24) is 9.97 Å². The van der Waals surface area contributed by atoms with E-state index in [1.165, 1.54) is 17.0 Å². The third kappa shape index (κ3) is 15.0. The van der Waals surface area contributed by atoms with Crippen molar-refractivity contribution < 1.29 is 44.1 Å². The minimum absolute atomic E-state index is 0. The third-order valence-electron chi connectivity index (χ3n) is 5.34. The SMILES string of the molecule is Cc1nc(CCc2ccc(CCl)cc2F)cs1.Cc1nc(CCc2ccc(CN=[N+]=[N-])cc2F)cs1.[2H]CF.[N-]=[N+]=[N-].[Na+]. The van der Waals surface area contributed by atoms with Crippen molar-refractivity contribution >= 4 is 34.3 Å². The molecule has 4 rings (SSSR count). The van der Waals surface area contributed by atoms with Crippen LogP contribution < -0.4 is 29.6 Å². The molecule has 0 radical (unpaired) electrons. The van der Waals surface area contributed by atoms with E-state index in [9.17, 15) is 13.2 Å². The first-order valence-electron chi connectivity index (χ1n) is 12.7. The maximum atomic E-state index is 13.8. The molecule has 2 aromatic heterocycles. The Morgan fingerprint density at radius 3 is 1.64 bits per heavy atom. The number of nitrogens with zero attached hydrogens (tertiary/aromatic N) is 8. The zero-order chi connectivity index (χ0) is 31.3. The van der Waals surface area contributed by atoms with Crippen LogP contribution in [0.5, 0.6) is 0 Å². The molecule has 0 atom stereocenters. The smallest absolute Gasteiger partial charge is 0.373 e. The van der Waals surface area contributed by atoms with Gasteiger partial charge in [-0.05, 0) is 79.4 Å². The van der Waals surface area contributed by atoms with E-state index in [2.05, 4.69) is 20.0 Å². The maximum absolute atomic E-state index is 13.8. The van der Waals surface area contributed by atoms with Crippen molar-refractivity contribution in [3.05, 3.63) is 129 Å². The third-order valence-corrected chi connectivity index (χ3v) is 7.29. The summed E-state index contributed by atoms with van der Waals surface area (Å²) < 4.78 is 43.0. The molecule has 0 saturated carbocycles. The predicted octanol–water partition coefficient (Wildman–Crippen LogP) is 6.76. The van der Waals surface area contributed by atoms with Crippen molar-refractivity contribution in [2.75, 3.05) is 7.15 Å². The van der Waals surface area contributed by atoms with Crippen LogP contribution in [0, 0.1) is 25.5 Å². The fourth-order valence-corrected chi connectivity index (χ4v) is 4.91. The van der Waals surface area contributed by atoms with Crippen molar-refractivity contribution in [3.63, 3.8) is 0 Å². The van der Waals surface area contributed by atoms with E-state index in [0.717, 1.165) is 45.4 Å². The molecule has 0 aliphatic rings. The van der Waals surface area contributed by atoms with E-state index < -0.39 is 7.15 Å². The standard InChI is InChI=1S/C13H13ClFNS.C13H13FN4S.CH3F.N3.Na/c1-9-16-12(8-17-9)5-4-11-3-2-10(7-14)6-13(11)15;1-9-17-12(8-19-9)5-4-11-3-2-10(6-13(11)14)7-16-18-15;1-2;1-3-2;/h2-3,6,8H,4-5,7H2,1H3;2-3,6,8H,4-5,7H2,1H3;1H3;;/q;;;-1;+1/i;;1D;;. The second-order valence-electron chi connectivity index (χ2n) is 8.18. The monoisotopic (exact) mass is 645 g/mol. The molecule has 0 saturated heterocycles. The van der Waals surface area contributed by atoms with E-state index in [0.29, 0.717) is 29.8 Å². The molecule has 2 heterocycles. The summed E-state index contributed by atoms with van der Waals surface area (Å²) in [5, 5.41) is 9.53. The van der Waals surface area contributed by atoms with Crippen LogP contribution in [0.2, 0.25) is 0 Å². The van der Waals surface area contributed by atoms with Gasteiger partial charge in [0.05, 0.1) is 36.5 Å². The number of hydrogen-bond donors (Lipinski definition) is 0. The quantitative estimate of drug-likeness (QED) is 0.0654. The summed E-state index contributed by atoms with van der Waals surface area (Å²) in [4.78, 5) is 12.9. The first kappa shape index (κ1) is 37.4. The molecule has 42 heavy (non-hydrogen) atoms. The van der Waals surface area contributed by atoms with E-state index in [1.807, 2.05) is 36.7 Å². The summed E-state index contributed by atoms with van der Waals surface area (Å²) in [5.41, 5.74) is 26.6. The zero-order valence-corrected chi connectivity index (χ0v) is 27.9. The van der Waals surface area contributed by atoms with Gasteiger partial charge in [-0.1, -0.05) is 29.4 Å². The molecule has 15 heteroatoms. The largest absolute Gasteiger partial charge is 1.00 e. The second-order valence-corrected chi connectivity index (χ2v) is 10.6. The molecule has 0 aliphatic heterocycles. The minimum atomic E-state index is -1.00. The van der Waals surface area contributed by atoms with Gasteiger partial charge in [0.15, 0.2) is 0 Å². The summed E-state index contributed by atoms with van der Waals surface area (Å²) in [5.74, 6) is -0.0737. The molecule has 0 bridgehead atoms. The Balaban J connectivity index is 0.000000683. The van der Waals surface area contributed by atoms with E-state index >= 15 is 0 Å². The van der Waals surface area contributed by atoms with Crippen molar-refractivity contribution in [3.8, 4) is 0 Å². The number of aromatic nitrogens is 2. The van der Waals surface area contributed by atoms with Crippen LogP contribution in [0.15, 0.2) is 52.3 Å². The van der Waals surface area contributed by atoms with Crippen molar-refractivity contribution in [2.24, 2.45) is 5.11 Å². The number of halogens is 4. The van der Waals surface area contributed by atoms with Gasteiger partial charge in [-0.15, -0.1) is 34.3 Å². The number of alkyl halides is 2. The number of thiazole rings is 2. The summed E-state index contributed by atoms with van der Waals surface area (Å²) in [6, 6.07) is 10.2. The van der Waals surface area contributed by atoms with Gasteiger partial charge < -0.3 is 11.1 Å². The van der Waals surface area contributed by atoms with Gasteiger partial charge in [0.2, 0.25) is 0 Å². The van der Waals surface area contributed by atoms with Crippen LogP contribution >= 0.6 is 34.3 Å². The maximum Gasteiger partial charge on any atom is 1.00 e. The summed E-state index contributed by atoms with van der Waals surface area (Å²) in [6.07, 6.45) is 2.81. The van der Waals surface area contributed by atoms with Gasteiger partial charge in [0, 0.05) is 21.6 Å². The van der Waals surface area contributed by atoms with Gasteiger partial charge in [-0.25, -0.2) is 18.7 Å². The van der Waals surface area contributed by atoms with Crippen LogP contribution in [0.1, 0.15) is 45.0 Å². The Hall–Kier alpha value is -2.60. The van der Waals surface area contributed by atoms with Crippen LogP contribution in [0.3, 0.4) is 0 Å². The summed E-state index contributed by atoms with van der Waals surface area (Å²) >= 11 is 8.88. The Labute approximate surface area is 279 Å². The van der Waals surface area contributed by atoms with Gasteiger partial charge >= 0.3 is 29.6 Å².